The lowest BCUT2D eigenvalue weighted by molar-refractivity contribution is 0.0977. The van der Waals surface area contributed by atoms with E-state index in [1.54, 1.807) is 12.1 Å². The smallest absolute Gasteiger partial charge is 0.257 e. The number of rotatable bonds is 7. The number of hydrogen-bond donors (Lipinski definition) is 2. The Kier molecular flexibility index (Phi) is 7.83. The molecule has 0 aliphatic carbocycles. The molecule has 0 spiro atoms. The van der Waals surface area contributed by atoms with Crippen LogP contribution in [0.25, 0.3) is 0 Å². The molecule has 0 saturated heterocycles. The molecule has 0 radical (unpaired) electrons. The van der Waals surface area contributed by atoms with Crippen LogP contribution in [0.3, 0.4) is 0 Å². The fourth-order valence-corrected chi connectivity index (χ4v) is 3.19. The van der Waals surface area contributed by atoms with E-state index in [-0.39, 0.29) is 11.0 Å². The third-order valence-corrected chi connectivity index (χ3v) is 4.67. The van der Waals surface area contributed by atoms with E-state index >= 15 is 0 Å². The largest absolute Gasteiger partial charge is 0.490 e. The fraction of sp³-hybridized carbons (Fsp3) is 0.0909. The number of amides is 1. The van der Waals surface area contributed by atoms with Crippen molar-refractivity contribution < 1.29 is 14.3 Å². The summed E-state index contributed by atoms with van der Waals surface area (Å²) in [5.74, 6) is 1.29. The minimum atomic E-state index is -0.251. The first-order chi connectivity index (χ1) is 14.1. The van der Waals surface area contributed by atoms with Gasteiger partial charge in [0.15, 0.2) is 5.11 Å². The molecule has 0 unspecified atom stereocenters. The number of anilines is 1. The van der Waals surface area contributed by atoms with E-state index in [4.69, 9.17) is 21.7 Å². The van der Waals surface area contributed by atoms with Gasteiger partial charge in [-0.3, -0.25) is 10.1 Å². The van der Waals surface area contributed by atoms with Crippen LogP contribution < -0.4 is 20.1 Å². The highest BCUT2D eigenvalue weighted by Gasteiger charge is 2.08. The van der Waals surface area contributed by atoms with Crippen LogP contribution in [0.15, 0.2) is 78.9 Å². The number of para-hydroxylation sites is 1. The zero-order valence-corrected chi connectivity index (χ0v) is 18.4. The van der Waals surface area contributed by atoms with Crippen molar-refractivity contribution in [1.82, 2.24) is 5.32 Å². The van der Waals surface area contributed by atoms with E-state index in [0.29, 0.717) is 18.8 Å². The molecule has 148 valence electrons. The van der Waals surface area contributed by atoms with Crippen molar-refractivity contribution in [2.24, 2.45) is 0 Å². The number of nitrogens with one attached hydrogen (secondary N) is 2. The summed E-state index contributed by atoms with van der Waals surface area (Å²) in [4.78, 5) is 12.2. The highest BCUT2D eigenvalue weighted by atomic mass is 127. The Balaban J connectivity index is 1.42. The van der Waals surface area contributed by atoms with Gasteiger partial charge in [-0.2, -0.15) is 0 Å². The maximum Gasteiger partial charge on any atom is 0.257 e. The first-order valence-electron chi connectivity index (χ1n) is 8.89. The van der Waals surface area contributed by atoms with Crippen LogP contribution in [0, 0.1) is 3.57 Å². The maximum atomic E-state index is 12.2. The topological polar surface area (TPSA) is 59.6 Å². The molecule has 5 nitrogen and oxygen atoms in total. The van der Waals surface area contributed by atoms with Gasteiger partial charge in [0.2, 0.25) is 0 Å². The Morgan fingerprint density at radius 2 is 1.52 bits per heavy atom. The number of thiocarbonyl (C=S) groups is 1. The summed E-state index contributed by atoms with van der Waals surface area (Å²) in [6.45, 7) is 0.893. The van der Waals surface area contributed by atoms with Crippen molar-refractivity contribution in [3.05, 3.63) is 88.0 Å². The molecule has 3 aromatic rings. The van der Waals surface area contributed by atoms with Gasteiger partial charge in [-0.05, 0) is 89.4 Å². The first-order valence-corrected chi connectivity index (χ1v) is 10.4. The number of halogens is 1. The standard InChI is InChI=1S/C22H19IN2O3S/c23-17-6-4-5-16(15-17)21(26)25-22(29)24-18-9-11-20(12-10-18)28-14-13-27-19-7-2-1-3-8-19/h1-12,15H,13-14H2,(H2,24,25,26,29). The van der Waals surface area contributed by atoms with Gasteiger partial charge in [-0.15, -0.1) is 0 Å². The Morgan fingerprint density at radius 1 is 0.862 bits per heavy atom. The molecule has 2 N–H and O–H groups in total. The number of hydrogen-bond acceptors (Lipinski definition) is 4. The van der Waals surface area contributed by atoms with Gasteiger partial charge < -0.3 is 14.8 Å². The molecule has 1 amide bonds. The SMILES string of the molecule is O=C(NC(=S)Nc1ccc(OCCOc2ccccc2)cc1)c1cccc(I)c1. The summed E-state index contributed by atoms with van der Waals surface area (Å²) < 4.78 is 12.2. The van der Waals surface area contributed by atoms with Gasteiger partial charge in [0.1, 0.15) is 24.7 Å². The van der Waals surface area contributed by atoms with Gasteiger partial charge >= 0.3 is 0 Å². The highest BCUT2D eigenvalue weighted by Crippen LogP contribution is 2.16. The van der Waals surface area contributed by atoms with Gasteiger partial charge in [0, 0.05) is 14.8 Å². The van der Waals surface area contributed by atoms with Gasteiger partial charge in [0.05, 0.1) is 0 Å². The lowest BCUT2D eigenvalue weighted by atomic mass is 10.2. The molecule has 0 fully saturated rings. The molecule has 3 aromatic carbocycles. The number of carbonyl (C=O) groups is 1. The van der Waals surface area contributed by atoms with Gasteiger partial charge in [0.25, 0.3) is 5.91 Å². The van der Waals surface area contributed by atoms with Crippen molar-refractivity contribution >= 4 is 51.5 Å². The maximum absolute atomic E-state index is 12.2. The van der Waals surface area contributed by atoms with Crippen LogP contribution in [0.2, 0.25) is 0 Å². The Morgan fingerprint density at radius 3 is 2.17 bits per heavy atom. The van der Waals surface area contributed by atoms with Gasteiger partial charge in [-0.1, -0.05) is 24.3 Å². The van der Waals surface area contributed by atoms with E-state index in [1.165, 1.54) is 0 Å². The highest BCUT2D eigenvalue weighted by molar-refractivity contribution is 14.1. The van der Waals surface area contributed by atoms with Crippen LogP contribution in [0.1, 0.15) is 10.4 Å². The predicted molar refractivity (Wildman–Crippen MR) is 127 cm³/mol. The third-order valence-electron chi connectivity index (χ3n) is 3.79. The summed E-state index contributed by atoms with van der Waals surface area (Å²) >= 11 is 7.38. The first kappa shape index (κ1) is 21.1. The number of benzene rings is 3. The van der Waals surface area contributed by atoms with Crippen LogP contribution in [-0.2, 0) is 0 Å². The monoisotopic (exact) mass is 518 g/mol. The summed E-state index contributed by atoms with van der Waals surface area (Å²) in [7, 11) is 0. The molecule has 29 heavy (non-hydrogen) atoms. The summed E-state index contributed by atoms with van der Waals surface area (Å²) in [6.07, 6.45) is 0. The average Bonchev–Trinajstić information content (AvgIpc) is 2.73. The van der Waals surface area contributed by atoms with Gasteiger partial charge in [-0.25, -0.2) is 0 Å². The molecule has 0 bridgehead atoms. The Hall–Kier alpha value is -2.65. The van der Waals surface area contributed by atoms with Crippen LogP contribution in [-0.4, -0.2) is 24.2 Å². The van der Waals surface area contributed by atoms with E-state index in [2.05, 4.69) is 33.2 Å². The van der Waals surface area contributed by atoms with E-state index in [1.807, 2.05) is 66.7 Å². The second-order valence-corrected chi connectivity index (χ2v) is 7.61. The van der Waals surface area contributed by atoms with Crippen molar-refractivity contribution in [3.63, 3.8) is 0 Å². The molecule has 0 aliphatic heterocycles. The Bertz CT molecular complexity index is 965. The number of carbonyl (C=O) groups excluding carboxylic acids is 1. The van der Waals surface area contributed by atoms with E-state index in [9.17, 15) is 4.79 Å². The van der Waals surface area contributed by atoms with Crippen LogP contribution in [0.5, 0.6) is 11.5 Å². The quantitative estimate of drug-likeness (QED) is 0.266. The second-order valence-electron chi connectivity index (χ2n) is 5.95. The summed E-state index contributed by atoms with van der Waals surface area (Å²) in [5, 5.41) is 5.90. The lowest BCUT2D eigenvalue weighted by Crippen LogP contribution is -2.34. The Labute approximate surface area is 188 Å². The molecule has 7 heteroatoms. The minimum Gasteiger partial charge on any atom is -0.490 e. The molecular weight excluding hydrogens is 499 g/mol. The van der Waals surface area contributed by atoms with E-state index < -0.39 is 0 Å². The average molecular weight is 518 g/mol. The molecule has 0 atom stereocenters. The van der Waals surface area contributed by atoms with Crippen LogP contribution in [0.4, 0.5) is 5.69 Å². The molecule has 0 heterocycles. The summed E-state index contributed by atoms with van der Waals surface area (Å²) in [6, 6.07) is 24.2. The van der Waals surface area contributed by atoms with Crippen molar-refractivity contribution in [2.45, 2.75) is 0 Å². The molecule has 3 rings (SSSR count). The lowest BCUT2D eigenvalue weighted by Gasteiger charge is -2.11. The van der Waals surface area contributed by atoms with E-state index in [0.717, 1.165) is 20.8 Å². The van der Waals surface area contributed by atoms with Crippen molar-refractivity contribution in [3.8, 4) is 11.5 Å². The summed E-state index contributed by atoms with van der Waals surface area (Å²) in [5.41, 5.74) is 1.31. The molecule has 0 saturated carbocycles. The number of ether oxygens (including phenoxy) is 2. The minimum absolute atomic E-state index is 0.235. The van der Waals surface area contributed by atoms with Crippen molar-refractivity contribution in [1.29, 1.82) is 0 Å². The fourth-order valence-electron chi connectivity index (χ4n) is 2.44. The third kappa shape index (κ3) is 7.03. The van der Waals surface area contributed by atoms with Crippen LogP contribution >= 0.6 is 34.8 Å². The second kappa shape index (κ2) is 10.8. The molecular formula is C22H19IN2O3S. The zero-order chi connectivity index (χ0) is 20.5. The van der Waals surface area contributed by atoms with Crippen molar-refractivity contribution in [2.75, 3.05) is 18.5 Å². The molecule has 0 aromatic heterocycles. The normalized spacial score (nSPS) is 10.1. The predicted octanol–water partition coefficient (Wildman–Crippen LogP) is 4.88. The molecule has 0 aliphatic rings. The zero-order valence-electron chi connectivity index (χ0n) is 15.4.